The summed E-state index contributed by atoms with van der Waals surface area (Å²) in [7, 11) is -0.431. The highest BCUT2D eigenvalue weighted by molar-refractivity contribution is 6.62. The zero-order chi connectivity index (χ0) is 22.5. The highest BCUT2D eigenvalue weighted by Gasteiger charge is 2.51. The number of aromatic nitrogens is 4. The minimum Gasteiger partial charge on any atom is -0.399 e. The lowest BCUT2D eigenvalue weighted by atomic mass is 9.78. The zero-order valence-corrected chi connectivity index (χ0v) is 19.0. The fraction of sp³-hybridized carbons (Fsp3) is 0.231. The van der Waals surface area contributed by atoms with Crippen LogP contribution in [0.4, 0.5) is 0 Å². The number of benzene rings is 3. The lowest BCUT2D eigenvalue weighted by Crippen LogP contribution is -2.41. The Balaban J connectivity index is 1.61. The van der Waals surface area contributed by atoms with Gasteiger partial charge in [0.05, 0.1) is 38.8 Å². The Morgan fingerprint density at radius 3 is 2.00 bits per heavy atom. The van der Waals surface area contributed by atoms with Crippen LogP contribution >= 0.6 is 0 Å². The molecule has 1 aliphatic rings. The minimum atomic E-state index is -0.431. The Morgan fingerprint density at radius 2 is 1.30 bits per heavy atom. The Kier molecular flexibility index (Phi) is 3.54. The first-order valence-electron chi connectivity index (χ1n) is 11.3. The molecule has 3 aromatic heterocycles. The van der Waals surface area contributed by atoms with Gasteiger partial charge in [0.25, 0.3) is 0 Å². The van der Waals surface area contributed by atoms with E-state index in [9.17, 15) is 0 Å². The van der Waals surface area contributed by atoms with E-state index in [-0.39, 0.29) is 0 Å². The van der Waals surface area contributed by atoms with Gasteiger partial charge in [-0.05, 0) is 69.6 Å². The molecule has 162 valence electrons. The van der Waals surface area contributed by atoms with Gasteiger partial charge in [0, 0.05) is 5.39 Å². The quantitative estimate of drug-likeness (QED) is 0.351. The molecular formula is C26H23BN4O2. The molecule has 33 heavy (non-hydrogen) atoms. The van der Waals surface area contributed by atoms with Crippen LogP contribution in [0.15, 0.2) is 66.7 Å². The second kappa shape index (κ2) is 6.13. The predicted molar refractivity (Wildman–Crippen MR) is 132 cm³/mol. The van der Waals surface area contributed by atoms with Crippen LogP contribution in [0.2, 0.25) is 0 Å². The van der Waals surface area contributed by atoms with E-state index < -0.39 is 18.3 Å². The van der Waals surface area contributed by atoms with Crippen molar-refractivity contribution in [2.45, 2.75) is 38.9 Å². The van der Waals surface area contributed by atoms with E-state index >= 15 is 0 Å². The van der Waals surface area contributed by atoms with E-state index in [0.717, 1.165) is 49.9 Å². The Morgan fingerprint density at radius 1 is 0.697 bits per heavy atom. The van der Waals surface area contributed by atoms with Crippen LogP contribution in [-0.4, -0.2) is 37.1 Å². The molecule has 0 amide bonds. The van der Waals surface area contributed by atoms with Crippen molar-refractivity contribution in [2.75, 3.05) is 0 Å². The largest absolute Gasteiger partial charge is 0.494 e. The van der Waals surface area contributed by atoms with Crippen molar-refractivity contribution >= 4 is 57.0 Å². The van der Waals surface area contributed by atoms with Crippen molar-refractivity contribution in [1.29, 1.82) is 0 Å². The van der Waals surface area contributed by atoms with Gasteiger partial charge in [-0.3, -0.25) is 8.80 Å². The highest BCUT2D eigenvalue weighted by atomic mass is 16.7. The molecule has 0 atom stereocenters. The Bertz CT molecular complexity index is 1730. The molecule has 1 aliphatic heterocycles. The Labute approximate surface area is 190 Å². The van der Waals surface area contributed by atoms with E-state index in [1.165, 1.54) is 0 Å². The molecule has 7 rings (SSSR count). The number of hydrogen-bond acceptors (Lipinski definition) is 4. The van der Waals surface area contributed by atoms with Gasteiger partial charge in [0.2, 0.25) is 5.78 Å². The molecule has 7 heteroatoms. The lowest BCUT2D eigenvalue weighted by Gasteiger charge is -2.32. The normalized spacial score (nSPS) is 17.9. The molecule has 0 radical (unpaired) electrons. The average molecular weight is 434 g/mol. The maximum atomic E-state index is 6.34. The molecule has 1 saturated heterocycles. The number of fused-ring (bicyclic) bond motifs is 10. The fourth-order valence-corrected chi connectivity index (χ4v) is 4.86. The van der Waals surface area contributed by atoms with Crippen LogP contribution in [-0.2, 0) is 9.31 Å². The zero-order valence-electron chi connectivity index (χ0n) is 19.0. The summed E-state index contributed by atoms with van der Waals surface area (Å²) in [4.78, 5) is 10.0. The number of rotatable bonds is 1. The molecule has 3 aromatic carbocycles. The first-order valence-corrected chi connectivity index (χ1v) is 11.3. The van der Waals surface area contributed by atoms with Crippen molar-refractivity contribution in [3.8, 4) is 0 Å². The summed E-state index contributed by atoms with van der Waals surface area (Å²) in [6.07, 6.45) is 0. The van der Waals surface area contributed by atoms with Crippen molar-refractivity contribution in [3.63, 3.8) is 0 Å². The van der Waals surface area contributed by atoms with Crippen LogP contribution in [0, 0.1) is 0 Å². The lowest BCUT2D eigenvalue weighted by molar-refractivity contribution is 0.00578. The van der Waals surface area contributed by atoms with E-state index in [2.05, 4.69) is 79.0 Å². The van der Waals surface area contributed by atoms with Gasteiger partial charge < -0.3 is 9.31 Å². The third kappa shape index (κ3) is 2.46. The molecule has 0 N–H and O–H groups in total. The van der Waals surface area contributed by atoms with E-state index in [4.69, 9.17) is 19.3 Å². The van der Waals surface area contributed by atoms with Crippen molar-refractivity contribution < 1.29 is 9.31 Å². The second-order valence-electron chi connectivity index (χ2n) is 9.86. The van der Waals surface area contributed by atoms with Crippen LogP contribution in [0.25, 0.3) is 44.4 Å². The van der Waals surface area contributed by atoms with Crippen LogP contribution in [0.3, 0.4) is 0 Å². The van der Waals surface area contributed by atoms with Crippen LogP contribution in [0.5, 0.6) is 0 Å². The van der Waals surface area contributed by atoms with Crippen molar-refractivity contribution in [2.24, 2.45) is 0 Å². The molecule has 0 bridgehead atoms. The smallest absolute Gasteiger partial charge is 0.399 e. The third-order valence-electron chi connectivity index (χ3n) is 7.33. The first-order chi connectivity index (χ1) is 15.8. The summed E-state index contributed by atoms with van der Waals surface area (Å²) >= 11 is 0. The maximum absolute atomic E-state index is 6.34. The standard InChI is InChI=1S/C26H23BN4O2/c1-25(2)26(3,4)33-27(32-25)16-13-14-20-17(15-16)23-28-18-9-5-8-12-22(18)31(23)24-29-19-10-6-7-11-21(19)30(20)24/h5-15H,1-4H3. The topological polar surface area (TPSA) is 53.1 Å². The van der Waals surface area contributed by atoms with Gasteiger partial charge in [-0.1, -0.05) is 30.3 Å². The van der Waals surface area contributed by atoms with Gasteiger partial charge in [0.15, 0.2) is 0 Å². The van der Waals surface area contributed by atoms with Crippen LogP contribution in [0.1, 0.15) is 27.7 Å². The average Bonchev–Trinajstić information content (AvgIpc) is 3.42. The second-order valence-corrected chi connectivity index (χ2v) is 9.86. The maximum Gasteiger partial charge on any atom is 0.494 e. The molecular weight excluding hydrogens is 411 g/mol. The van der Waals surface area contributed by atoms with E-state index in [1.807, 2.05) is 24.3 Å². The van der Waals surface area contributed by atoms with Gasteiger partial charge in [0.1, 0.15) is 5.65 Å². The summed E-state index contributed by atoms with van der Waals surface area (Å²) in [5, 5.41) is 1.04. The summed E-state index contributed by atoms with van der Waals surface area (Å²) in [6.45, 7) is 8.31. The summed E-state index contributed by atoms with van der Waals surface area (Å²) in [5.41, 5.74) is 6.14. The van der Waals surface area contributed by atoms with Crippen LogP contribution < -0.4 is 5.46 Å². The summed E-state index contributed by atoms with van der Waals surface area (Å²) in [6, 6.07) is 22.8. The molecule has 0 unspecified atom stereocenters. The molecule has 0 saturated carbocycles. The minimum absolute atomic E-state index is 0.394. The summed E-state index contributed by atoms with van der Waals surface area (Å²) < 4.78 is 17.1. The van der Waals surface area contributed by atoms with E-state index in [1.54, 1.807) is 0 Å². The third-order valence-corrected chi connectivity index (χ3v) is 7.33. The molecule has 1 fully saturated rings. The van der Waals surface area contributed by atoms with Gasteiger partial charge in [-0.2, -0.15) is 0 Å². The Hall–Kier alpha value is -3.42. The van der Waals surface area contributed by atoms with Gasteiger partial charge >= 0.3 is 7.12 Å². The first kappa shape index (κ1) is 19.1. The van der Waals surface area contributed by atoms with Gasteiger partial charge in [-0.25, -0.2) is 9.97 Å². The van der Waals surface area contributed by atoms with Crippen molar-refractivity contribution in [1.82, 2.24) is 18.8 Å². The number of nitrogens with zero attached hydrogens (tertiary/aromatic N) is 4. The molecule has 6 aromatic rings. The molecule has 4 heterocycles. The monoisotopic (exact) mass is 434 g/mol. The number of imidazole rings is 2. The fourth-order valence-electron chi connectivity index (χ4n) is 4.86. The molecule has 0 aliphatic carbocycles. The SMILES string of the molecule is CC1(C)OB(c2ccc3c(c2)c2nc4ccccc4n2c2nc4ccccc4n32)OC1(C)C. The highest BCUT2D eigenvalue weighted by Crippen LogP contribution is 2.37. The number of hydrogen-bond donors (Lipinski definition) is 0. The molecule has 0 spiro atoms. The summed E-state index contributed by atoms with van der Waals surface area (Å²) in [5.74, 6) is 0.857. The van der Waals surface area contributed by atoms with Crippen molar-refractivity contribution in [3.05, 3.63) is 66.7 Å². The van der Waals surface area contributed by atoms with E-state index in [0.29, 0.717) is 0 Å². The number of para-hydroxylation sites is 4. The van der Waals surface area contributed by atoms with Gasteiger partial charge in [-0.15, -0.1) is 0 Å². The predicted octanol–water partition coefficient (Wildman–Crippen LogP) is 4.74. The molecule has 6 nitrogen and oxygen atoms in total.